The molecule has 1 N–H and O–H groups in total. The smallest absolute Gasteiger partial charge is 0.126 e. The monoisotopic (exact) mass is 289 g/mol. The molecule has 1 atom stereocenters. The zero-order valence-corrected chi connectivity index (χ0v) is 12.3. The van der Waals surface area contributed by atoms with Gasteiger partial charge in [-0.2, -0.15) is 0 Å². The summed E-state index contributed by atoms with van der Waals surface area (Å²) in [6.07, 6.45) is 1.80. The molecule has 4 nitrogen and oxygen atoms in total. The van der Waals surface area contributed by atoms with Crippen LogP contribution in [0.25, 0.3) is 11.3 Å². The Balaban J connectivity index is 1.85. The average Bonchev–Trinajstić information content (AvgIpc) is 2.97. The minimum atomic E-state index is -0.231. The Kier molecular flexibility index (Phi) is 4.03. The Morgan fingerprint density at radius 3 is 2.81 bits per heavy atom. The molecule has 21 heavy (non-hydrogen) atoms. The summed E-state index contributed by atoms with van der Waals surface area (Å²) in [5.41, 5.74) is 1.84. The second-order valence-electron chi connectivity index (χ2n) is 5.61. The van der Waals surface area contributed by atoms with E-state index in [0.29, 0.717) is 12.6 Å². The molecule has 1 aliphatic rings. The lowest BCUT2D eigenvalue weighted by molar-refractivity contribution is -0.0262. The van der Waals surface area contributed by atoms with Gasteiger partial charge in [0.15, 0.2) is 0 Å². The van der Waals surface area contributed by atoms with Crippen molar-refractivity contribution < 1.29 is 9.13 Å². The lowest BCUT2D eigenvalue weighted by Crippen LogP contribution is -2.43. The van der Waals surface area contributed by atoms with Gasteiger partial charge in [0.05, 0.1) is 31.1 Å². The highest BCUT2D eigenvalue weighted by atomic mass is 19.1. The lowest BCUT2D eigenvalue weighted by Gasteiger charge is -2.37. The van der Waals surface area contributed by atoms with Crippen LogP contribution in [0.3, 0.4) is 0 Å². The maximum absolute atomic E-state index is 13.0. The first-order valence-electron chi connectivity index (χ1n) is 7.29. The molecular weight excluding hydrogens is 269 g/mol. The predicted molar refractivity (Wildman–Crippen MR) is 79.4 cm³/mol. The highest BCUT2D eigenvalue weighted by molar-refractivity contribution is 5.58. The number of H-pyrrole nitrogens is 1. The summed E-state index contributed by atoms with van der Waals surface area (Å²) in [7, 11) is 0. The molecular formula is C16H20FN3O. The predicted octanol–water partition coefficient (Wildman–Crippen LogP) is 3.00. The normalized spacial score (nSPS) is 20.1. The zero-order valence-electron chi connectivity index (χ0n) is 12.3. The van der Waals surface area contributed by atoms with Crippen LogP contribution in [-0.2, 0) is 4.74 Å². The van der Waals surface area contributed by atoms with Crippen molar-refractivity contribution in [2.45, 2.75) is 25.9 Å². The van der Waals surface area contributed by atoms with E-state index in [-0.39, 0.29) is 11.9 Å². The number of imidazole rings is 1. The number of aromatic amines is 1. The van der Waals surface area contributed by atoms with Crippen molar-refractivity contribution in [1.29, 1.82) is 0 Å². The number of rotatable bonds is 3. The lowest BCUT2D eigenvalue weighted by atomic mass is 10.1. The van der Waals surface area contributed by atoms with E-state index >= 15 is 0 Å². The van der Waals surface area contributed by atoms with Crippen LogP contribution < -0.4 is 0 Å². The molecule has 2 aromatic rings. The number of hydrogen-bond donors (Lipinski definition) is 1. The van der Waals surface area contributed by atoms with E-state index in [2.05, 4.69) is 28.7 Å². The molecule has 1 aromatic carbocycles. The number of ether oxygens (including phenoxy) is 1. The van der Waals surface area contributed by atoms with Crippen molar-refractivity contribution in [3.63, 3.8) is 0 Å². The first kappa shape index (κ1) is 14.2. The van der Waals surface area contributed by atoms with Crippen LogP contribution in [0.4, 0.5) is 4.39 Å². The van der Waals surface area contributed by atoms with E-state index in [9.17, 15) is 4.39 Å². The van der Waals surface area contributed by atoms with Crippen LogP contribution in [0.5, 0.6) is 0 Å². The fraction of sp³-hybridized carbons (Fsp3) is 0.438. The molecule has 1 fully saturated rings. The third-order valence-corrected chi connectivity index (χ3v) is 3.90. The third kappa shape index (κ3) is 2.99. The average molecular weight is 289 g/mol. The van der Waals surface area contributed by atoms with Crippen LogP contribution in [0.2, 0.25) is 0 Å². The molecule has 1 aliphatic heterocycles. The van der Waals surface area contributed by atoms with Gasteiger partial charge < -0.3 is 9.72 Å². The van der Waals surface area contributed by atoms with Crippen LogP contribution in [0, 0.1) is 5.82 Å². The van der Waals surface area contributed by atoms with Crippen molar-refractivity contribution in [3.8, 4) is 11.3 Å². The van der Waals surface area contributed by atoms with E-state index in [1.807, 2.05) is 0 Å². The fourth-order valence-corrected chi connectivity index (χ4v) is 2.75. The second-order valence-corrected chi connectivity index (χ2v) is 5.61. The molecule has 0 amide bonds. The van der Waals surface area contributed by atoms with E-state index in [1.54, 1.807) is 18.3 Å². The standard InChI is InChI=1S/C16H20FN3O/c1-11(2)20-7-8-21-10-15(20)16-18-9-14(19-16)12-3-5-13(17)6-4-12/h3-6,9,11,15H,7-8,10H2,1-2H3,(H,18,19)/t15-/m0/s1. The third-order valence-electron chi connectivity index (χ3n) is 3.90. The van der Waals surface area contributed by atoms with Gasteiger partial charge in [0, 0.05) is 12.6 Å². The Morgan fingerprint density at radius 1 is 1.33 bits per heavy atom. The molecule has 0 saturated carbocycles. The summed E-state index contributed by atoms with van der Waals surface area (Å²) in [6.45, 7) is 6.69. The minimum Gasteiger partial charge on any atom is -0.378 e. The molecule has 3 rings (SSSR count). The second kappa shape index (κ2) is 5.95. The number of morpholine rings is 1. The minimum absolute atomic E-state index is 0.146. The highest BCUT2D eigenvalue weighted by Crippen LogP contribution is 2.26. The van der Waals surface area contributed by atoms with E-state index in [1.165, 1.54) is 12.1 Å². The van der Waals surface area contributed by atoms with Crippen molar-refractivity contribution in [1.82, 2.24) is 14.9 Å². The SMILES string of the molecule is CC(C)N1CCOC[C@H]1c1ncc(-c2ccc(F)cc2)[nH]1. The maximum atomic E-state index is 13.0. The van der Waals surface area contributed by atoms with E-state index in [0.717, 1.165) is 30.2 Å². The van der Waals surface area contributed by atoms with Gasteiger partial charge in [-0.3, -0.25) is 4.90 Å². The van der Waals surface area contributed by atoms with Gasteiger partial charge in [0.2, 0.25) is 0 Å². The molecule has 0 spiro atoms. The summed E-state index contributed by atoms with van der Waals surface area (Å²) < 4.78 is 18.6. The Hall–Kier alpha value is -1.72. The molecule has 112 valence electrons. The van der Waals surface area contributed by atoms with Crippen LogP contribution >= 0.6 is 0 Å². The quantitative estimate of drug-likeness (QED) is 0.944. The van der Waals surface area contributed by atoms with Crippen molar-refractivity contribution >= 4 is 0 Å². The number of nitrogens with zero attached hydrogens (tertiary/aromatic N) is 2. The number of hydrogen-bond acceptors (Lipinski definition) is 3. The van der Waals surface area contributed by atoms with Gasteiger partial charge >= 0.3 is 0 Å². The Labute approximate surface area is 124 Å². The number of halogens is 1. The zero-order chi connectivity index (χ0) is 14.8. The highest BCUT2D eigenvalue weighted by Gasteiger charge is 2.28. The molecule has 1 saturated heterocycles. The van der Waals surface area contributed by atoms with Crippen molar-refractivity contribution in [2.24, 2.45) is 0 Å². The first-order chi connectivity index (χ1) is 10.1. The molecule has 0 unspecified atom stereocenters. The summed E-state index contributed by atoms with van der Waals surface area (Å²) in [4.78, 5) is 10.2. The van der Waals surface area contributed by atoms with Crippen LogP contribution in [0.1, 0.15) is 25.7 Å². The molecule has 0 bridgehead atoms. The van der Waals surface area contributed by atoms with Crippen LogP contribution in [0.15, 0.2) is 30.5 Å². The topological polar surface area (TPSA) is 41.1 Å². The molecule has 0 radical (unpaired) electrons. The van der Waals surface area contributed by atoms with Gasteiger partial charge in [-0.05, 0) is 43.7 Å². The molecule has 1 aromatic heterocycles. The Morgan fingerprint density at radius 2 is 2.10 bits per heavy atom. The summed E-state index contributed by atoms with van der Waals surface area (Å²) in [6, 6.07) is 7.01. The molecule has 0 aliphatic carbocycles. The number of nitrogens with one attached hydrogen (secondary N) is 1. The largest absolute Gasteiger partial charge is 0.378 e. The summed E-state index contributed by atoms with van der Waals surface area (Å²) >= 11 is 0. The van der Waals surface area contributed by atoms with Gasteiger partial charge in [0.25, 0.3) is 0 Å². The maximum Gasteiger partial charge on any atom is 0.126 e. The van der Waals surface area contributed by atoms with Gasteiger partial charge in [-0.25, -0.2) is 9.37 Å². The first-order valence-corrected chi connectivity index (χ1v) is 7.29. The van der Waals surface area contributed by atoms with E-state index < -0.39 is 0 Å². The summed E-state index contributed by atoms with van der Waals surface area (Å²) in [5.74, 6) is 0.674. The number of aromatic nitrogens is 2. The van der Waals surface area contributed by atoms with Gasteiger partial charge in [0.1, 0.15) is 11.6 Å². The van der Waals surface area contributed by atoms with Crippen molar-refractivity contribution in [2.75, 3.05) is 19.8 Å². The van der Waals surface area contributed by atoms with Crippen molar-refractivity contribution in [3.05, 3.63) is 42.1 Å². The number of benzene rings is 1. The molecule has 5 heteroatoms. The van der Waals surface area contributed by atoms with Crippen LogP contribution in [-0.4, -0.2) is 40.7 Å². The van der Waals surface area contributed by atoms with Gasteiger partial charge in [-0.1, -0.05) is 0 Å². The van der Waals surface area contributed by atoms with E-state index in [4.69, 9.17) is 4.74 Å². The Bertz CT molecular complexity index is 594. The fourth-order valence-electron chi connectivity index (χ4n) is 2.75. The van der Waals surface area contributed by atoms with Gasteiger partial charge in [-0.15, -0.1) is 0 Å². The summed E-state index contributed by atoms with van der Waals surface area (Å²) in [5, 5.41) is 0. The molecule has 2 heterocycles.